The third-order valence-electron chi connectivity index (χ3n) is 5.06. The number of benzene rings is 3. The highest BCUT2D eigenvalue weighted by Gasteiger charge is 2.20. The first-order valence-corrected chi connectivity index (χ1v) is 11.8. The topological polar surface area (TPSA) is 93.7 Å². The molecule has 0 aliphatic carbocycles. The summed E-state index contributed by atoms with van der Waals surface area (Å²) in [5, 5.41) is 2.82. The van der Waals surface area contributed by atoms with Crippen molar-refractivity contribution in [3.8, 4) is 11.5 Å². The summed E-state index contributed by atoms with van der Waals surface area (Å²) in [5.41, 5.74) is 0.842. The molecule has 1 heterocycles. The Labute approximate surface area is 187 Å². The molecule has 1 amide bonds. The Morgan fingerprint density at radius 1 is 0.969 bits per heavy atom. The average molecular weight is 453 g/mol. The van der Waals surface area contributed by atoms with E-state index in [9.17, 15) is 13.2 Å². The van der Waals surface area contributed by atoms with E-state index in [0.29, 0.717) is 29.4 Å². The van der Waals surface area contributed by atoms with Gasteiger partial charge in [-0.1, -0.05) is 30.3 Å². The van der Waals surface area contributed by atoms with Crippen molar-refractivity contribution >= 4 is 21.6 Å². The molecule has 1 aliphatic heterocycles. The highest BCUT2D eigenvalue weighted by molar-refractivity contribution is 7.89. The maximum absolute atomic E-state index is 12.7. The molecule has 2 N–H and O–H groups in total. The number of sulfonamides is 1. The molecule has 1 aliphatic rings. The zero-order chi connectivity index (χ0) is 22.4. The molecular formula is C24H24N2O5S. The lowest BCUT2D eigenvalue weighted by Crippen LogP contribution is -2.31. The summed E-state index contributed by atoms with van der Waals surface area (Å²) in [7, 11) is -3.67. The van der Waals surface area contributed by atoms with Crippen LogP contribution < -0.4 is 14.8 Å². The van der Waals surface area contributed by atoms with Gasteiger partial charge in [-0.25, -0.2) is 13.1 Å². The van der Waals surface area contributed by atoms with Crippen molar-refractivity contribution in [2.75, 3.05) is 18.5 Å². The monoisotopic (exact) mass is 452 g/mol. The number of rotatable bonds is 8. The van der Waals surface area contributed by atoms with Crippen LogP contribution in [0.15, 0.2) is 83.8 Å². The molecule has 1 saturated heterocycles. The summed E-state index contributed by atoms with van der Waals surface area (Å²) >= 11 is 0. The van der Waals surface area contributed by atoms with Crippen molar-refractivity contribution in [3.05, 3.63) is 84.4 Å². The molecular weight excluding hydrogens is 428 g/mol. The van der Waals surface area contributed by atoms with E-state index in [1.54, 1.807) is 18.2 Å². The van der Waals surface area contributed by atoms with E-state index in [-0.39, 0.29) is 23.5 Å². The van der Waals surface area contributed by atoms with Gasteiger partial charge in [-0.3, -0.25) is 4.79 Å². The first-order chi connectivity index (χ1) is 15.5. The van der Waals surface area contributed by atoms with Crippen LogP contribution in [0.5, 0.6) is 11.5 Å². The summed E-state index contributed by atoms with van der Waals surface area (Å²) in [4.78, 5) is 12.8. The Balaban J connectivity index is 1.42. The first-order valence-electron chi connectivity index (χ1n) is 10.4. The quantitative estimate of drug-likeness (QED) is 0.535. The van der Waals surface area contributed by atoms with Crippen LogP contribution in [0.4, 0.5) is 5.69 Å². The van der Waals surface area contributed by atoms with Crippen molar-refractivity contribution in [3.63, 3.8) is 0 Å². The second-order valence-corrected chi connectivity index (χ2v) is 9.14. The normalized spacial score (nSPS) is 15.9. The van der Waals surface area contributed by atoms with E-state index in [4.69, 9.17) is 9.47 Å². The molecule has 0 bridgehead atoms. The molecule has 1 fully saturated rings. The van der Waals surface area contributed by atoms with Crippen molar-refractivity contribution in [1.29, 1.82) is 0 Å². The predicted molar refractivity (Wildman–Crippen MR) is 122 cm³/mol. The van der Waals surface area contributed by atoms with Crippen LogP contribution in [0.3, 0.4) is 0 Å². The first kappa shape index (κ1) is 22.0. The fourth-order valence-electron chi connectivity index (χ4n) is 3.35. The van der Waals surface area contributed by atoms with Gasteiger partial charge in [0.2, 0.25) is 10.0 Å². The Bertz CT molecular complexity index is 1160. The van der Waals surface area contributed by atoms with Gasteiger partial charge < -0.3 is 14.8 Å². The number of ether oxygens (including phenoxy) is 2. The van der Waals surface area contributed by atoms with Gasteiger partial charge in [0, 0.05) is 18.7 Å². The SMILES string of the molecule is O=C(Nc1ccccc1Oc1ccccc1)c1ccc(S(=O)(=O)NCC2CCCO2)cc1. The van der Waals surface area contributed by atoms with Gasteiger partial charge in [-0.05, 0) is 61.4 Å². The van der Waals surface area contributed by atoms with Crippen LogP contribution in [0, 0.1) is 0 Å². The minimum absolute atomic E-state index is 0.0898. The standard InChI is InChI=1S/C24H24N2O5S/c27-24(26-22-10-4-5-11-23(22)31-19-7-2-1-3-8-19)18-12-14-21(15-13-18)32(28,29)25-17-20-9-6-16-30-20/h1-5,7-8,10-15,20,25H,6,9,16-17H2,(H,26,27). The minimum atomic E-state index is -3.67. The number of hydrogen-bond acceptors (Lipinski definition) is 5. The summed E-state index contributed by atoms with van der Waals surface area (Å²) in [6.45, 7) is 0.901. The molecule has 7 nitrogen and oxygen atoms in total. The van der Waals surface area contributed by atoms with Crippen LogP contribution in [-0.2, 0) is 14.8 Å². The van der Waals surface area contributed by atoms with E-state index in [1.807, 2.05) is 36.4 Å². The number of carbonyl (C=O) groups is 1. The molecule has 0 aromatic heterocycles. The molecule has 0 radical (unpaired) electrons. The third-order valence-corrected chi connectivity index (χ3v) is 6.50. The molecule has 32 heavy (non-hydrogen) atoms. The number of nitrogens with one attached hydrogen (secondary N) is 2. The predicted octanol–water partition coefficient (Wildman–Crippen LogP) is 4.19. The van der Waals surface area contributed by atoms with E-state index < -0.39 is 10.0 Å². The molecule has 166 valence electrons. The maximum atomic E-state index is 12.7. The lowest BCUT2D eigenvalue weighted by Gasteiger charge is -2.13. The lowest BCUT2D eigenvalue weighted by molar-refractivity contribution is 0.102. The van der Waals surface area contributed by atoms with Crippen LogP contribution in [0.25, 0.3) is 0 Å². The summed E-state index contributed by atoms with van der Waals surface area (Å²) in [6.07, 6.45) is 1.69. The molecule has 0 spiro atoms. The van der Waals surface area contributed by atoms with E-state index in [0.717, 1.165) is 12.8 Å². The van der Waals surface area contributed by atoms with Gasteiger partial charge in [0.05, 0.1) is 16.7 Å². The van der Waals surface area contributed by atoms with Gasteiger partial charge in [0.15, 0.2) is 5.75 Å². The van der Waals surface area contributed by atoms with E-state index in [2.05, 4.69) is 10.0 Å². The summed E-state index contributed by atoms with van der Waals surface area (Å²) < 4.78 is 38.9. The Kier molecular flexibility index (Phi) is 6.84. The largest absolute Gasteiger partial charge is 0.455 e. The van der Waals surface area contributed by atoms with Crippen molar-refractivity contribution in [2.24, 2.45) is 0 Å². The van der Waals surface area contributed by atoms with E-state index in [1.165, 1.54) is 24.3 Å². The minimum Gasteiger partial charge on any atom is -0.455 e. The van der Waals surface area contributed by atoms with Crippen molar-refractivity contribution in [1.82, 2.24) is 4.72 Å². The van der Waals surface area contributed by atoms with Crippen LogP contribution in [0.1, 0.15) is 23.2 Å². The third kappa shape index (κ3) is 5.53. The van der Waals surface area contributed by atoms with Gasteiger partial charge >= 0.3 is 0 Å². The van der Waals surface area contributed by atoms with Gasteiger partial charge in [-0.2, -0.15) is 0 Å². The van der Waals surface area contributed by atoms with E-state index >= 15 is 0 Å². The molecule has 4 rings (SSSR count). The van der Waals surface area contributed by atoms with Gasteiger partial charge in [0.25, 0.3) is 5.91 Å². The average Bonchev–Trinajstić information content (AvgIpc) is 3.34. The zero-order valence-electron chi connectivity index (χ0n) is 17.4. The molecule has 3 aromatic carbocycles. The number of hydrogen-bond donors (Lipinski definition) is 2. The van der Waals surface area contributed by atoms with Crippen LogP contribution >= 0.6 is 0 Å². The fourth-order valence-corrected chi connectivity index (χ4v) is 4.41. The smallest absolute Gasteiger partial charge is 0.255 e. The highest BCUT2D eigenvalue weighted by atomic mass is 32.2. The van der Waals surface area contributed by atoms with Crippen LogP contribution in [0.2, 0.25) is 0 Å². The Hall–Kier alpha value is -3.20. The van der Waals surface area contributed by atoms with Crippen LogP contribution in [-0.4, -0.2) is 33.6 Å². The summed E-state index contributed by atoms with van der Waals surface area (Å²) in [5.74, 6) is 0.786. The molecule has 3 aromatic rings. The van der Waals surface area contributed by atoms with Crippen molar-refractivity contribution < 1.29 is 22.7 Å². The zero-order valence-corrected chi connectivity index (χ0v) is 18.2. The number of amides is 1. The fraction of sp³-hybridized carbons (Fsp3) is 0.208. The number of carbonyl (C=O) groups excluding carboxylic acids is 1. The molecule has 8 heteroatoms. The number of para-hydroxylation sites is 3. The Morgan fingerprint density at radius 2 is 1.69 bits per heavy atom. The summed E-state index contributed by atoms with van der Waals surface area (Å²) in [6, 6.07) is 22.2. The second-order valence-electron chi connectivity index (χ2n) is 7.38. The van der Waals surface area contributed by atoms with Gasteiger partial charge in [0.1, 0.15) is 5.75 Å². The lowest BCUT2D eigenvalue weighted by atomic mass is 10.2. The Morgan fingerprint density at radius 3 is 2.41 bits per heavy atom. The molecule has 0 saturated carbocycles. The maximum Gasteiger partial charge on any atom is 0.255 e. The van der Waals surface area contributed by atoms with Crippen molar-refractivity contribution in [2.45, 2.75) is 23.8 Å². The second kappa shape index (κ2) is 9.95. The number of anilines is 1. The molecule has 1 atom stereocenters. The highest BCUT2D eigenvalue weighted by Crippen LogP contribution is 2.29. The van der Waals surface area contributed by atoms with Gasteiger partial charge in [-0.15, -0.1) is 0 Å². The molecule has 1 unspecified atom stereocenters.